The maximum absolute atomic E-state index is 12.3. The quantitative estimate of drug-likeness (QED) is 0.390. The summed E-state index contributed by atoms with van der Waals surface area (Å²) in [6.07, 6.45) is 4.89. The van der Waals surface area contributed by atoms with Crippen molar-refractivity contribution in [2.45, 2.75) is 57.8 Å². The lowest BCUT2D eigenvalue weighted by Crippen LogP contribution is -2.46. The zero-order chi connectivity index (χ0) is 19.9. The van der Waals surface area contributed by atoms with Gasteiger partial charge in [-0.1, -0.05) is 58.4 Å². The van der Waals surface area contributed by atoms with Crippen molar-refractivity contribution in [1.82, 2.24) is 5.32 Å². The van der Waals surface area contributed by atoms with Crippen molar-refractivity contribution in [1.29, 1.82) is 0 Å². The highest BCUT2D eigenvalue weighted by atomic mass is 79.9. The number of carbonyl (C=O) groups excluding carboxylic acids is 2. The lowest BCUT2D eigenvalue weighted by molar-refractivity contribution is -0.145. The lowest BCUT2D eigenvalue weighted by Gasteiger charge is -2.26. The number of rotatable bonds is 7. The number of nitrogens with one attached hydrogen (secondary N) is 1. The highest BCUT2D eigenvalue weighted by Crippen LogP contribution is 2.28. The molecular formula is C21H28BrNO4. The van der Waals surface area contributed by atoms with Gasteiger partial charge < -0.3 is 14.8 Å². The van der Waals surface area contributed by atoms with Crippen molar-refractivity contribution < 1.29 is 19.1 Å². The standard InChI is InChI=1S/C21H28BrNO4/c1-21(2,3)27-20(25)23-17(13-15-9-5-4-6-10-15)18-14-16(19(24)26-18)11-7-8-12-22/h4-10,16-18H,11-14H2,1-3H3,(H,23,25)/t16-,17+,18+/m1/s1. The molecule has 6 heteroatoms. The van der Waals surface area contributed by atoms with E-state index in [0.717, 1.165) is 10.9 Å². The summed E-state index contributed by atoms with van der Waals surface area (Å²) in [7, 11) is 0. The van der Waals surface area contributed by atoms with Crippen molar-refractivity contribution in [3.8, 4) is 0 Å². The Bertz CT molecular complexity index is 654. The van der Waals surface area contributed by atoms with Crippen molar-refractivity contribution >= 4 is 28.0 Å². The molecule has 1 N–H and O–H groups in total. The molecule has 148 valence electrons. The Morgan fingerprint density at radius 2 is 2.04 bits per heavy atom. The number of carbonyl (C=O) groups is 2. The molecule has 0 spiro atoms. The second kappa shape index (κ2) is 9.93. The van der Waals surface area contributed by atoms with Crippen LogP contribution in [-0.2, 0) is 20.7 Å². The minimum absolute atomic E-state index is 0.177. The van der Waals surface area contributed by atoms with Gasteiger partial charge in [-0.2, -0.15) is 0 Å². The molecule has 1 fully saturated rings. The first kappa shape index (κ1) is 21.5. The maximum Gasteiger partial charge on any atom is 0.408 e. The molecule has 0 saturated carbocycles. The molecule has 5 nitrogen and oxygen atoms in total. The van der Waals surface area contributed by atoms with E-state index in [1.165, 1.54) is 0 Å². The molecule has 27 heavy (non-hydrogen) atoms. The minimum atomic E-state index is -0.587. The molecule has 0 aliphatic carbocycles. The van der Waals surface area contributed by atoms with E-state index in [2.05, 4.69) is 21.2 Å². The Balaban J connectivity index is 2.08. The van der Waals surface area contributed by atoms with Crippen LogP contribution in [0.2, 0.25) is 0 Å². The van der Waals surface area contributed by atoms with Crippen LogP contribution in [0, 0.1) is 5.92 Å². The normalized spacial score (nSPS) is 21.1. The van der Waals surface area contributed by atoms with Gasteiger partial charge >= 0.3 is 12.1 Å². The molecule has 1 aromatic carbocycles. The Morgan fingerprint density at radius 1 is 1.33 bits per heavy atom. The van der Waals surface area contributed by atoms with Gasteiger partial charge in [0.2, 0.25) is 0 Å². The molecule has 0 bridgehead atoms. The van der Waals surface area contributed by atoms with Gasteiger partial charge in [0.1, 0.15) is 11.7 Å². The van der Waals surface area contributed by atoms with E-state index in [1.54, 1.807) is 0 Å². The fraction of sp³-hybridized carbons (Fsp3) is 0.524. The molecule has 3 atom stereocenters. The van der Waals surface area contributed by atoms with Crippen LogP contribution >= 0.6 is 15.9 Å². The van der Waals surface area contributed by atoms with E-state index in [0.29, 0.717) is 19.3 Å². The summed E-state index contributed by atoms with van der Waals surface area (Å²) in [5.74, 6) is -0.382. The summed E-state index contributed by atoms with van der Waals surface area (Å²) in [6.45, 7) is 5.46. The van der Waals surface area contributed by atoms with Crippen LogP contribution in [0.15, 0.2) is 42.5 Å². The fourth-order valence-electron chi connectivity index (χ4n) is 3.03. The van der Waals surface area contributed by atoms with Gasteiger partial charge in [-0.15, -0.1) is 0 Å². The Labute approximate surface area is 169 Å². The first-order valence-corrected chi connectivity index (χ1v) is 10.4. The van der Waals surface area contributed by atoms with Crippen LogP contribution in [0.4, 0.5) is 4.79 Å². The van der Waals surface area contributed by atoms with Crippen molar-refractivity contribution in [3.05, 3.63) is 48.0 Å². The maximum atomic E-state index is 12.3. The number of benzene rings is 1. The molecule has 1 aliphatic heterocycles. The van der Waals surface area contributed by atoms with Crippen LogP contribution in [0.5, 0.6) is 0 Å². The monoisotopic (exact) mass is 437 g/mol. The minimum Gasteiger partial charge on any atom is -0.460 e. The predicted molar refractivity (Wildman–Crippen MR) is 109 cm³/mol. The molecule has 1 heterocycles. The second-order valence-electron chi connectivity index (χ2n) is 7.71. The van der Waals surface area contributed by atoms with Gasteiger partial charge in [0.05, 0.1) is 12.0 Å². The number of hydrogen-bond acceptors (Lipinski definition) is 4. The van der Waals surface area contributed by atoms with Gasteiger partial charge in [0.25, 0.3) is 0 Å². The van der Waals surface area contributed by atoms with Crippen LogP contribution in [0.1, 0.15) is 39.2 Å². The van der Waals surface area contributed by atoms with E-state index in [4.69, 9.17) is 9.47 Å². The van der Waals surface area contributed by atoms with Gasteiger partial charge in [0, 0.05) is 5.33 Å². The van der Waals surface area contributed by atoms with Crippen LogP contribution in [-0.4, -0.2) is 35.1 Å². The summed E-state index contributed by atoms with van der Waals surface area (Å²) >= 11 is 3.33. The highest BCUT2D eigenvalue weighted by Gasteiger charge is 2.39. The number of allylic oxidation sites excluding steroid dienone is 2. The Hall–Kier alpha value is -1.82. The number of hydrogen-bond donors (Lipinski definition) is 1. The summed E-state index contributed by atoms with van der Waals surface area (Å²) in [4.78, 5) is 24.5. The summed E-state index contributed by atoms with van der Waals surface area (Å²) < 4.78 is 11.0. The average molecular weight is 438 g/mol. The number of amides is 1. The van der Waals surface area contributed by atoms with E-state index >= 15 is 0 Å². The zero-order valence-corrected chi connectivity index (χ0v) is 17.7. The smallest absolute Gasteiger partial charge is 0.408 e. The van der Waals surface area contributed by atoms with E-state index in [9.17, 15) is 9.59 Å². The van der Waals surface area contributed by atoms with Crippen molar-refractivity contribution in [2.24, 2.45) is 5.92 Å². The first-order chi connectivity index (χ1) is 12.8. The third-order valence-corrected chi connectivity index (χ3v) is 4.62. The largest absolute Gasteiger partial charge is 0.460 e. The van der Waals surface area contributed by atoms with Crippen molar-refractivity contribution in [3.63, 3.8) is 0 Å². The lowest BCUT2D eigenvalue weighted by atomic mass is 9.94. The number of esters is 1. The Kier molecular flexibility index (Phi) is 7.90. The fourth-order valence-corrected chi connectivity index (χ4v) is 3.30. The second-order valence-corrected chi connectivity index (χ2v) is 8.36. The summed E-state index contributed by atoms with van der Waals surface area (Å²) in [6, 6.07) is 9.51. The third kappa shape index (κ3) is 7.37. The number of ether oxygens (including phenoxy) is 2. The zero-order valence-electron chi connectivity index (χ0n) is 16.1. The van der Waals surface area contributed by atoms with E-state index < -0.39 is 11.7 Å². The van der Waals surface area contributed by atoms with E-state index in [1.807, 2.05) is 63.3 Å². The van der Waals surface area contributed by atoms with Gasteiger partial charge in [-0.05, 0) is 45.6 Å². The van der Waals surface area contributed by atoms with Crippen LogP contribution in [0.3, 0.4) is 0 Å². The van der Waals surface area contributed by atoms with Crippen molar-refractivity contribution in [2.75, 3.05) is 5.33 Å². The molecule has 1 aliphatic rings. The molecule has 0 aromatic heterocycles. The average Bonchev–Trinajstić information content (AvgIpc) is 2.95. The van der Waals surface area contributed by atoms with Gasteiger partial charge in [0.15, 0.2) is 0 Å². The Morgan fingerprint density at radius 3 is 2.67 bits per heavy atom. The van der Waals surface area contributed by atoms with E-state index in [-0.39, 0.29) is 24.0 Å². The molecule has 0 radical (unpaired) electrons. The predicted octanol–water partition coefficient (Wildman–Crippen LogP) is 4.40. The molecule has 0 unspecified atom stereocenters. The number of cyclic esters (lactones) is 1. The topological polar surface area (TPSA) is 64.6 Å². The number of alkyl carbamates (subject to hydrolysis) is 1. The molecule has 1 saturated heterocycles. The van der Waals surface area contributed by atoms with Crippen LogP contribution in [0.25, 0.3) is 0 Å². The molecule has 2 rings (SSSR count). The van der Waals surface area contributed by atoms with Crippen LogP contribution < -0.4 is 5.32 Å². The summed E-state index contributed by atoms with van der Waals surface area (Å²) in [5, 5.41) is 3.67. The first-order valence-electron chi connectivity index (χ1n) is 9.23. The summed E-state index contributed by atoms with van der Waals surface area (Å²) in [5.41, 5.74) is 0.480. The molecule has 1 aromatic rings. The highest BCUT2D eigenvalue weighted by molar-refractivity contribution is 9.09. The third-order valence-electron chi connectivity index (χ3n) is 4.24. The SMILES string of the molecule is CC(C)(C)OC(=O)N[C@@H](Cc1ccccc1)[C@@H]1C[C@@H](CC=CCBr)C(=O)O1. The molecular weight excluding hydrogens is 410 g/mol. The number of halogens is 1. The molecule has 1 amide bonds. The van der Waals surface area contributed by atoms with Gasteiger partial charge in [-0.3, -0.25) is 4.79 Å². The van der Waals surface area contributed by atoms with Gasteiger partial charge in [-0.25, -0.2) is 4.79 Å². The number of alkyl halides is 1.